The third-order valence-electron chi connectivity index (χ3n) is 4.47. The fourth-order valence-electron chi connectivity index (χ4n) is 3.38. The highest BCUT2D eigenvalue weighted by Gasteiger charge is 2.39. The Morgan fingerprint density at radius 3 is 2.65 bits per heavy atom. The molecule has 3 nitrogen and oxygen atoms in total. The summed E-state index contributed by atoms with van der Waals surface area (Å²) < 4.78 is 57.4. The molecule has 2 heterocycles. The predicted octanol–water partition coefficient (Wildman–Crippen LogP) is 3.63. The van der Waals surface area contributed by atoms with Crippen LogP contribution in [0.5, 0.6) is 0 Å². The molecule has 1 amide bonds. The lowest BCUT2D eigenvalue weighted by Crippen LogP contribution is -2.42. The van der Waals surface area contributed by atoms with Crippen LogP contribution in [0.25, 0.3) is 0 Å². The minimum Gasteiger partial charge on any atom is -0.376 e. The molecule has 0 aliphatic carbocycles. The van der Waals surface area contributed by atoms with Crippen LogP contribution in [0.2, 0.25) is 0 Å². The Balaban J connectivity index is 1.85. The summed E-state index contributed by atoms with van der Waals surface area (Å²) in [6.45, 7) is 1.14. The first-order chi connectivity index (χ1) is 10.9. The number of hydrogen-bond acceptors (Lipinski definition) is 2. The normalized spacial score (nSPS) is 25.1. The van der Waals surface area contributed by atoms with E-state index in [1.165, 1.54) is 0 Å². The van der Waals surface area contributed by atoms with Crippen molar-refractivity contribution in [3.8, 4) is 0 Å². The number of rotatable bonds is 2. The van der Waals surface area contributed by atoms with E-state index in [1.54, 1.807) is 4.90 Å². The number of ether oxygens (including phenoxy) is 1. The molecule has 3 rings (SSSR count). The molecule has 7 heteroatoms. The highest BCUT2D eigenvalue weighted by atomic mass is 19.4. The van der Waals surface area contributed by atoms with Gasteiger partial charge in [0.25, 0.3) is 5.91 Å². The number of nitrogens with zero attached hydrogens (tertiary/aromatic N) is 1. The molecule has 0 spiro atoms. The van der Waals surface area contributed by atoms with Crippen molar-refractivity contribution in [1.82, 2.24) is 4.90 Å². The van der Waals surface area contributed by atoms with Gasteiger partial charge in [0.1, 0.15) is 5.82 Å². The van der Waals surface area contributed by atoms with Crippen LogP contribution in [-0.4, -0.2) is 36.1 Å². The van der Waals surface area contributed by atoms with Crippen molar-refractivity contribution in [3.63, 3.8) is 0 Å². The van der Waals surface area contributed by atoms with E-state index in [4.69, 9.17) is 4.74 Å². The van der Waals surface area contributed by atoms with Gasteiger partial charge in [-0.15, -0.1) is 0 Å². The van der Waals surface area contributed by atoms with Gasteiger partial charge in [0.15, 0.2) is 0 Å². The van der Waals surface area contributed by atoms with Gasteiger partial charge in [0.05, 0.1) is 17.7 Å². The van der Waals surface area contributed by atoms with Crippen molar-refractivity contribution >= 4 is 5.91 Å². The number of halogens is 4. The third-order valence-corrected chi connectivity index (χ3v) is 4.47. The van der Waals surface area contributed by atoms with E-state index >= 15 is 0 Å². The summed E-state index contributed by atoms with van der Waals surface area (Å²) >= 11 is 0. The number of alkyl halides is 3. The predicted molar refractivity (Wildman–Crippen MR) is 74.4 cm³/mol. The number of hydrogen-bond donors (Lipinski definition) is 0. The molecule has 126 valence electrons. The minimum absolute atomic E-state index is 0.0519. The molecule has 2 atom stereocenters. The Labute approximate surface area is 131 Å². The molecule has 2 aliphatic rings. The zero-order valence-electron chi connectivity index (χ0n) is 12.4. The van der Waals surface area contributed by atoms with E-state index in [9.17, 15) is 22.4 Å². The number of carbonyl (C=O) groups excluding carboxylic acids is 1. The first-order valence-corrected chi connectivity index (χ1v) is 7.67. The van der Waals surface area contributed by atoms with Crippen LogP contribution < -0.4 is 0 Å². The lowest BCUT2D eigenvalue weighted by atomic mass is 10.0. The van der Waals surface area contributed by atoms with Crippen molar-refractivity contribution < 1.29 is 27.1 Å². The van der Waals surface area contributed by atoms with E-state index in [0.717, 1.165) is 31.7 Å². The van der Waals surface area contributed by atoms with E-state index < -0.39 is 23.5 Å². The van der Waals surface area contributed by atoms with Gasteiger partial charge < -0.3 is 9.64 Å². The Kier molecular flexibility index (Phi) is 4.31. The molecule has 1 aromatic carbocycles. The van der Waals surface area contributed by atoms with Gasteiger partial charge in [-0.2, -0.15) is 13.2 Å². The maximum absolute atomic E-state index is 13.4. The maximum atomic E-state index is 13.4. The van der Waals surface area contributed by atoms with E-state index in [0.29, 0.717) is 25.3 Å². The lowest BCUT2D eigenvalue weighted by Gasteiger charge is -2.29. The van der Waals surface area contributed by atoms with Crippen molar-refractivity contribution in [2.75, 3.05) is 13.2 Å². The highest BCUT2D eigenvalue weighted by molar-refractivity contribution is 5.94. The summed E-state index contributed by atoms with van der Waals surface area (Å²) in [5.41, 5.74) is -1.54. The minimum atomic E-state index is -4.82. The van der Waals surface area contributed by atoms with E-state index in [-0.39, 0.29) is 17.7 Å². The molecular weight excluding hydrogens is 314 g/mol. The zero-order valence-corrected chi connectivity index (χ0v) is 12.4. The average molecular weight is 331 g/mol. The van der Waals surface area contributed by atoms with Crippen LogP contribution in [0.1, 0.15) is 41.6 Å². The standard InChI is InChI=1S/C16H17F4NO2/c17-12-6-5-10(9-11(12)16(18,19)20)15(22)21-7-1-3-13(21)14-4-2-8-23-14/h5-6,9,13-14H,1-4,7-8H2. The van der Waals surface area contributed by atoms with Crippen LogP contribution in [0.3, 0.4) is 0 Å². The quantitative estimate of drug-likeness (QED) is 0.775. The topological polar surface area (TPSA) is 29.5 Å². The summed E-state index contributed by atoms with van der Waals surface area (Å²) in [6, 6.07) is 2.30. The maximum Gasteiger partial charge on any atom is 0.419 e. The SMILES string of the molecule is O=C(c1ccc(F)c(C(F)(F)F)c1)N1CCCC1C1CCCO1. The zero-order chi connectivity index (χ0) is 16.6. The number of benzene rings is 1. The van der Waals surface area contributed by atoms with Crippen LogP contribution in [0.4, 0.5) is 17.6 Å². The Morgan fingerprint density at radius 2 is 2.00 bits per heavy atom. The second kappa shape index (κ2) is 6.11. The first-order valence-electron chi connectivity index (χ1n) is 7.67. The summed E-state index contributed by atoms with van der Waals surface area (Å²) in [5.74, 6) is -1.86. The first kappa shape index (κ1) is 16.2. The van der Waals surface area contributed by atoms with Crippen LogP contribution in [-0.2, 0) is 10.9 Å². The second-order valence-electron chi connectivity index (χ2n) is 5.95. The van der Waals surface area contributed by atoms with Crippen molar-refractivity contribution in [2.45, 2.75) is 44.0 Å². The largest absolute Gasteiger partial charge is 0.419 e. The fraction of sp³-hybridized carbons (Fsp3) is 0.562. The van der Waals surface area contributed by atoms with Gasteiger partial charge in [-0.1, -0.05) is 0 Å². The van der Waals surface area contributed by atoms with E-state index in [2.05, 4.69) is 0 Å². The van der Waals surface area contributed by atoms with Gasteiger partial charge in [-0.3, -0.25) is 4.79 Å². The Hall–Kier alpha value is -1.63. The van der Waals surface area contributed by atoms with Gasteiger partial charge in [0.2, 0.25) is 0 Å². The fourth-order valence-corrected chi connectivity index (χ4v) is 3.38. The number of likely N-dealkylation sites (tertiary alicyclic amines) is 1. The van der Waals surface area contributed by atoms with Crippen LogP contribution in [0, 0.1) is 5.82 Å². The summed E-state index contributed by atoms with van der Waals surface area (Å²) in [6.07, 6.45) is -1.51. The molecule has 0 aromatic heterocycles. The van der Waals surface area contributed by atoms with Crippen molar-refractivity contribution in [3.05, 3.63) is 35.1 Å². The van der Waals surface area contributed by atoms with Crippen LogP contribution in [0.15, 0.2) is 18.2 Å². The van der Waals surface area contributed by atoms with Crippen LogP contribution >= 0.6 is 0 Å². The molecule has 2 aliphatic heterocycles. The average Bonchev–Trinajstić information content (AvgIpc) is 3.16. The lowest BCUT2D eigenvalue weighted by molar-refractivity contribution is -0.140. The molecule has 2 fully saturated rings. The number of carbonyl (C=O) groups is 1. The Morgan fingerprint density at radius 1 is 1.22 bits per heavy atom. The third kappa shape index (κ3) is 3.20. The molecule has 2 saturated heterocycles. The molecule has 0 radical (unpaired) electrons. The molecule has 0 bridgehead atoms. The molecule has 23 heavy (non-hydrogen) atoms. The molecule has 1 aromatic rings. The van der Waals surface area contributed by atoms with Gasteiger partial charge in [-0.05, 0) is 43.9 Å². The summed E-state index contributed by atoms with van der Waals surface area (Å²) in [5, 5.41) is 0. The van der Waals surface area contributed by atoms with Crippen molar-refractivity contribution in [2.24, 2.45) is 0 Å². The van der Waals surface area contributed by atoms with Gasteiger partial charge in [-0.25, -0.2) is 4.39 Å². The highest BCUT2D eigenvalue weighted by Crippen LogP contribution is 2.33. The van der Waals surface area contributed by atoms with E-state index in [1.807, 2.05) is 0 Å². The molecular formula is C16H17F4NO2. The smallest absolute Gasteiger partial charge is 0.376 e. The summed E-state index contributed by atoms with van der Waals surface area (Å²) in [7, 11) is 0. The van der Waals surface area contributed by atoms with Gasteiger partial charge in [0, 0.05) is 18.7 Å². The molecule has 0 N–H and O–H groups in total. The summed E-state index contributed by atoms with van der Waals surface area (Å²) in [4.78, 5) is 14.2. The Bertz CT molecular complexity index is 596. The molecule has 0 saturated carbocycles. The number of amides is 1. The second-order valence-corrected chi connectivity index (χ2v) is 5.95. The van der Waals surface area contributed by atoms with Gasteiger partial charge >= 0.3 is 6.18 Å². The molecule has 2 unspecified atom stereocenters. The van der Waals surface area contributed by atoms with Crippen molar-refractivity contribution in [1.29, 1.82) is 0 Å². The monoisotopic (exact) mass is 331 g/mol.